The van der Waals surface area contributed by atoms with E-state index in [1.54, 1.807) is 0 Å². The predicted octanol–water partition coefficient (Wildman–Crippen LogP) is 3.94. The van der Waals surface area contributed by atoms with Crippen LogP contribution in [0.15, 0.2) is 25.3 Å². The number of carbonyl (C=O) groups is 2. The van der Waals surface area contributed by atoms with Gasteiger partial charge in [-0.15, -0.1) is 0 Å². The number of carbonyl (C=O) groups excluding carboxylic acids is 2. The predicted molar refractivity (Wildman–Crippen MR) is 78.1 cm³/mol. The number of ether oxygens (including phenoxy) is 1. The fourth-order valence-corrected chi connectivity index (χ4v) is 2.01. The van der Waals surface area contributed by atoms with Gasteiger partial charge in [0.15, 0.2) is 5.78 Å². The van der Waals surface area contributed by atoms with E-state index in [4.69, 9.17) is 4.74 Å². The quantitative estimate of drug-likeness (QED) is 0.478. The molecule has 3 nitrogen and oxygen atoms in total. The number of alkyl halides is 2. The minimum atomic E-state index is -3.14. The molecule has 0 aliphatic carbocycles. The van der Waals surface area contributed by atoms with Gasteiger partial charge in [-0.3, -0.25) is 4.79 Å². The Morgan fingerprint density at radius 2 is 1.57 bits per heavy atom. The van der Waals surface area contributed by atoms with Crippen LogP contribution in [0.2, 0.25) is 0 Å². The molecule has 0 saturated carbocycles. The zero-order valence-corrected chi connectivity index (χ0v) is 13.2. The fourth-order valence-electron chi connectivity index (χ4n) is 2.01. The molecular weight excluding hydrogens is 278 g/mol. The molecule has 0 rings (SSSR count). The van der Waals surface area contributed by atoms with Crippen LogP contribution in [-0.4, -0.2) is 24.3 Å². The van der Waals surface area contributed by atoms with E-state index in [0.29, 0.717) is 0 Å². The number of esters is 1. The zero-order chi connectivity index (χ0) is 16.9. The van der Waals surface area contributed by atoms with Gasteiger partial charge in [-0.2, -0.15) is 0 Å². The van der Waals surface area contributed by atoms with Crippen LogP contribution in [0.1, 0.15) is 40.5 Å². The van der Waals surface area contributed by atoms with E-state index < -0.39 is 29.3 Å². The van der Waals surface area contributed by atoms with Crippen molar-refractivity contribution in [1.82, 2.24) is 0 Å². The van der Waals surface area contributed by atoms with Crippen LogP contribution in [0.3, 0.4) is 0 Å². The summed E-state index contributed by atoms with van der Waals surface area (Å²) in [7, 11) is 0. The second-order valence-corrected chi connectivity index (χ2v) is 6.32. The molecule has 0 atom stereocenters. The lowest BCUT2D eigenvalue weighted by atomic mass is 9.69. The first-order valence-electron chi connectivity index (χ1n) is 6.73. The van der Waals surface area contributed by atoms with Gasteiger partial charge >= 0.3 is 5.97 Å². The first kappa shape index (κ1) is 19.5. The number of rotatable bonds is 9. The van der Waals surface area contributed by atoms with Crippen LogP contribution < -0.4 is 0 Å². The number of ketones is 1. The summed E-state index contributed by atoms with van der Waals surface area (Å²) in [6.45, 7) is 11.6. The molecule has 0 aliphatic heterocycles. The maximum Gasteiger partial charge on any atom is 0.330 e. The molecule has 21 heavy (non-hydrogen) atoms. The van der Waals surface area contributed by atoms with Crippen LogP contribution in [0.25, 0.3) is 0 Å². The molecule has 0 fully saturated rings. The zero-order valence-electron chi connectivity index (χ0n) is 13.2. The van der Waals surface area contributed by atoms with Gasteiger partial charge < -0.3 is 4.74 Å². The summed E-state index contributed by atoms with van der Waals surface area (Å²) in [4.78, 5) is 22.3. The highest BCUT2D eigenvalue weighted by molar-refractivity contribution is 5.89. The van der Waals surface area contributed by atoms with E-state index >= 15 is 0 Å². The smallest absolute Gasteiger partial charge is 0.330 e. The highest BCUT2D eigenvalue weighted by Crippen LogP contribution is 2.51. The number of allylic oxidation sites excluding steroid dienone is 1. The van der Waals surface area contributed by atoms with E-state index in [-0.39, 0.29) is 18.6 Å². The van der Waals surface area contributed by atoms with Crippen LogP contribution >= 0.6 is 0 Å². The minimum absolute atomic E-state index is 0.00855. The van der Waals surface area contributed by atoms with E-state index in [2.05, 4.69) is 13.2 Å². The molecule has 0 aromatic heterocycles. The Labute approximate surface area is 125 Å². The largest absolute Gasteiger partial charge is 0.462 e. The number of hydrogen-bond donors (Lipinski definition) is 0. The van der Waals surface area contributed by atoms with Gasteiger partial charge in [0.1, 0.15) is 6.61 Å². The Bertz CT molecular complexity index is 385. The summed E-state index contributed by atoms with van der Waals surface area (Å²) in [5.74, 6) is -4.14. The third-order valence-corrected chi connectivity index (χ3v) is 3.67. The first-order chi connectivity index (χ1) is 9.41. The Hall–Kier alpha value is -1.52. The van der Waals surface area contributed by atoms with Crippen LogP contribution in [-0.2, 0) is 14.3 Å². The Balaban J connectivity index is 5.03. The van der Waals surface area contributed by atoms with Gasteiger partial charge in [-0.25, -0.2) is 13.6 Å². The molecule has 0 amide bonds. The second kappa shape index (κ2) is 6.96. The molecular formula is C16H24F2O3. The maximum absolute atomic E-state index is 14.7. The third kappa shape index (κ3) is 4.76. The summed E-state index contributed by atoms with van der Waals surface area (Å²) in [6, 6.07) is 0. The molecule has 0 aromatic rings. The Kier molecular flexibility index (Phi) is 6.46. The van der Waals surface area contributed by atoms with Gasteiger partial charge in [-0.1, -0.05) is 40.9 Å². The first-order valence-corrected chi connectivity index (χ1v) is 6.73. The molecule has 0 aromatic carbocycles. The van der Waals surface area contributed by atoms with Gasteiger partial charge in [0.2, 0.25) is 0 Å². The van der Waals surface area contributed by atoms with Crippen molar-refractivity contribution in [2.24, 2.45) is 10.8 Å². The van der Waals surface area contributed by atoms with Crippen molar-refractivity contribution < 1.29 is 23.1 Å². The standard InChI is InChI=1S/C16H24F2O3/c1-7-12(19)9-10-14(3,4)16(17,18)15(5,6)11-21-13(20)8-2/h7-8H,1-2,9-11H2,3-6H3. The highest BCUT2D eigenvalue weighted by atomic mass is 19.3. The summed E-state index contributed by atoms with van der Waals surface area (Å²) in [6.07, 6.45) is 2.09. The molecule has 0 unspecified atom stereocenters. The minimum Gasteiger partial charge on any atom is -0.462 e. The molecule has 5 heteroatoms. The molecule has 0 aliphatic rings. The SMILES string of the molecule is C=CC(=O)CCC(C)(C)C(F)(F)C(C)(C)COC(=O)C=C. The Morgan fingerprint density at radius 3 is 2.00 bits per heavy atom. The number of halogens is 2. The molecule has 0 N–H and O–H groups in total. The average molecular weight is 302 g/mol. The van der Waals surface area contributed by atoms with Crippen molar-refractivity contribution >= 4 is 11.8 Å². The lowest BCUT2D eigenvalue weighted by Crippen LogP contribution is -2.51. The molecule has 0 heterocycles. The van der Waals surface area contributed by atoms with Gasteiger partial charge in [0.05, 0.1) is 5.41 Å². The second-order valence-electron chi connectivity index (χ2n) is 6.32. The van der Waals surface area contributed by atoms with Crippen molar-refractivity contribution in [2.45, 2.75) is 46.5 Å². The van der Waals surface area contributed by atoms with Gasteiger partial charge in [0.25, 0.3) is 5.92 Å². The molecule has 0 radical (unpaired) electrons. The van der Waals surface area contributed by atoms with E-state index in [9.17, 15) is 18.4 Å². The van der Waals surface area contributed by atoms with E-state index in [1.165, 1.54) is 27.7 Å². The number of hydrogen-bond acceptors (Lipinski definition) is 3. The van der Waals surface area contributed by atoms with E-state index in [1.807, 2.05) is 0 Å². The lowest BCUT2D eigenvalue weighted by Gasteiger charge is -2.43. The summed E-state index contributed by atoms with van der Waals surface area (Å²) >= 11 is 0. The van der Waals surface area contributed by atoms with Crippen molar-refractivity contribution in [3.05, 3.63) is 25.3 Å². The van der Waals surface area contributed by atoms with Crippen LogP contribution in [0.5, 0.6) is 0 Å². The van der Waals surface area contributed by atoms with Gasteiger partial charge in [0, 0.05) is 17.9 Å². The average Bonchev–Trinajstić information content (AvgIpc) is 2.41. The third-order valence-electron chi connectivity index (χ3n) is 3.67. The molecule has 0 spiro atoms. The summed E-state index contributed by atoms with van der Waals surface area (Å²) in [5, 5.41) is 0. The maximum atomic E-state index is 14.7. The molecule has 0 saturated heterocycles. The summed E-state index contributed by atoms with van der Waals surface area (Å²) in [5.41, 5.74) is -2.98. The Morgan fingerprint density at radius 1 is 1.05 bits per heavy atom. The normalized spacial score (nSPS) is 12.7. The van der Waals surface area contributed by atoms with Crippen molar-refractivity contribution in [3.8, 4) is 0 Å². The van der Waals surface area contributed by atoms with Crippen LogP contribution in [0, 0.1) is 10.8 Å². The lowest BCUT2D eigenvalue weighted by molar-refractivity contribution is -0.206. The van der Waals surface area contributed by atoms with Crippen molar-refractivity contribution in [3.63, 3.8) is 0 Å². The van der Waals surface area contributed by atoms with Crippen molar-refractivity contribution in [2.75, 3.05) is 6.61 Å². The molecule has 0 bridgehead atoms. The highest BCUT2D eigenvalue weighted by Gasteiger charge is 2.57. The topological polar surface area (TPSA) is 43.4 Å². The summed E-state index contributed by atoms with van der Waals surface area (Å²) < 4.78 is 34.2. The van der Waals surface area contributed by atoms with Crippen LogP contribution in [0.4, 0.5) is 8.78 Å². The van der Waals surface area contributed by atoms with Crippen molar-refractivity contribution in [1.29, 1.82) is 0 Å². The van der Waals surface area contributed by atoms with Gasteiger partial charge in [-0.05, 0) is 12.5 Å². The molecule has 120 valence electrons. The van der Waals surface area contributed by atoms with E-state index in [0.717, 1.165) is 12.2 Å². The fraction of sp³-hybridized carbons (Fsp3) is 0.625. The monoisotopic (exact) mass is 302 g/mol.